The number of hydrogen-bond acceptors (Lipinski definition) is 6. The first-order chi connectivity index (χ1) is 8.18. The van der Waals surface area contributed by atoms with Crippen molar-refractivity contribution in [3.05, 3.63) is 28.6 Å². The molecule has 3 rings (SSSR count). The van der Waals surface area contributed by atoms with E-state index in [4.69, 9.17) is 0 Å². The first-order valence-electron chi connectivity index (χ1n) is 4.66. The molecule has 3 heterocycles. The zero-order chi connectivity index (χ0) is 12.0. The molecule has 0 bridgehead atoms. The minimum absolute atomic E-state index is 0. The minimum atomic E-state index is -1.34. The third kappa shape index (κ3) is 1.91. The van der Waals surface area contributed by atoms with Crippen molar-refractivity contribution in [3.63, 3.8) is 0 Å². The number of carbonyl (C=O) groups is 2. The second-order valence-corrected chi connectivity index (χ2v) is 4.40. The maximum atomic E-state index is 11.7. The van der Waals surface area contributed by atoms with Crippen LogP contribution in [0.2, 0.25) is 0 Å². The summed E-state index contributed by atoms with van der Waals surface area (Å²) in [5, 5.41) is 21.7. The number of nitrogens with one attached hydrogen (secondary N) is 1. The summed E-state index contributed by atoms with van der Waals surface area (Å²) in [4.78, 5) is 23.7. The molecule has 1 aromatic heterocycles. The predicted molar refractivity (Wildman–Crippen MR) is 55.7 cm³/mol. The van der Waals surface area contributed by atoms with Crippen molar-refractivity contribution in [2.45, 2.75) is 5.37 Å². The molecule has 18 heavy (non-hydrogen) atoms. The van der Waals surface area contributed by atoms with Crippen LogP contribution >= 0.6 is 11.8 Å². The Morgan fingerprint density at radius 2 is 2.39 bits per heavy atom. The van der Waals surface area contributed by atoms with Gasteiger partial charge in [-0.25, -0.2) is 0 Å². The third-order valence-electron chi connectivity index (χ3n) is 2.48. The molecule has 0 aromatic carbocycles. The fraction of sp³-hybridized carbons (Fsp3) is 0.111. The Bertz CT molecular complexity index is 568. The smallest absolute Gasteiger partial charge is 0.543 e. The Morgan fingerprint density at radius 1 is 1.61 bits per heavy atom. The zero-order valence-corrected chi connectivity index (χ0v) is 12.1. The van der Waals surface area contributed by atoms with Gasteiger partial charge in [-0.05, 0) is 11.5 Å². The Labute approximate surface area is 128 Å². The van der Waals surface area contributed by atoms with E-state index in [-0.39, 0.29) is 46.5 Å². The summed E-state index contributed by atoms with van der Waals surface area (Å²) in [6.45, 7) is 0. The van der Waals surface area contributed by atoms with Gasteiger partial charge in [-0.15, -0.1) is 11.8 Å². The van der Waals surface area contributed by atoms with Gasteiger partial charge in [0.15, 0.2) is 0 Å². The average Bonchev–Trinajstić information content (AvgIpc) is 2.93. The standard InChI is InChI=1S/C9H6N4O3S.Na/c14-7-5(1-4-2-10-12-11-4)8-13(7)6(3-17-8)9(15)16;/h1-3,8H,(H,15,16)(H,10,11,12);/q;+1/p-1/b5-1+;/t8-;/m1./s1. The molecule has 1 N–H and O–H groups in total. The molecule has 1 aromatic rings. The molecule has 0 spiro atoms. The number of aromatic nitrogens is 3. The molecule has 1 saturated heterocycles. The van der Waals surface area contributed by atoms with Gasteiger partial charge >= 0.3 is 29.6 Å². The van der Waals surface area contributed by atoms with Crippen LogP contribution in [-0.2, 0) is 9.59 Å². The van der Waals surface area contributed by atoms with Crippen molar-refractivity contribution in [1.82, 2.24) is 20.3 Å². The predicted octanol–water partition coefficient (Wildman–Crippen LogP) is -4.30. The summed E-state index contributed by atoms with van der Waals surface area (Å²) in [7, 11) is 0. The molecular weight excluding hydrogens is 267 g/mol. The molecule has 1 fully saturated rings. The Kier molecular flexibility index (Phi) is 3.62. The van der Waals surface area contributed by atoms with Crippen LogP contribution in [0.5, 0.6) is 0 Å². The van der Waals surface area contributed by atoms with E-state index in [1.807, 2.05) is 0 Å². The van der Waals surface area contributed by atoms with Crippen LogP contribution in [0, 0.1) is 0 Å². The van der Waals surface area contributed by atoms with Crippen molar-refractivity contribution < 1.29 is 44.3 Å². The van der Waals surface area contributed by atoms with Crippen LogP contribution in [0.15, 0.2) is 22.9 Å². The maximum absolute atomic E-state index is 11.7. The van der Waals surface area contributed by atoms with E-state index in [2.05, 4.69) is 15.4 Å². The van der Waals surface area contributed by atoms with Crippen LogP contribution in [0.4, 0.5) is 0 Å². The van der Waals surface area contributed by atoms with Crippen LogP contribution < -0.4 is 34.7 Å². The molecule has 2 aliphatic heterocycles. The van der Waals surface area contributed by atoms with E-state index < -0.39 is 5.97 Å². The second-order valence-electron chi connectivity index (χ2n) is 3.45. The minimum Gasteiger partial charge on any atom is -0.543 e. The molecule has 86 valence electrons. The average molecular weight is 272 g/mol. The molecule has 1 amide bonds. The van der Waals surface area contributed by atoms with E-state index in [0.717, 1.165) is 0 Å². The van der Waals surface area contributed by atoms with Crippen molar-refractivity contribution >= 4 is 29.7 Å². The molecule has 2 aliphatic rings. The summed E-state index contributed by atoms with van der Waals surface area (Å²) in [5.74, 6) is -1.67. The number of aromatic amines is 1. The zero-order valence-electron chi connectivity index (χ0n) is 9.28. The number of rotatable bonds is 2. The van der Waals surface area contributed by atoms with Crippen LogP contribution in [0.25, 0.3) is 6.08 Å². The number of carboxylic acids is 1. The van der Waals surface area contributed by atoms with Gasteiger partial charge in [0.1, 0.15) is 11.1 Å². The van der Waals surface area contributed by atoms with Crippen molar-refractivity contribution in [3.8, 4) is 0 Å². The summed E-state index contributed by atoms with van der Waals surface area (Å²) in [5.41, 5.74) is 0.967. The Balaban J connectivity index is 0.00000120. The number of H-pyrrole nitrogens is 1. The van der Waals surface area contributed by atoms with E-state index in [0.29, 0.717) is 11.3 Å². The molecular formula is C9H5N4NaO3S. The van der Waals surface area contributed by atoms with Crippen LogP contribution in [0.1, 0.15) is 5.69 Å². The number of amides is 1. The Hall–Kier alpha value is -1.09. The number of hydrogen-bond donors (Lipinski definition) is 1. The number of thioether (sulfide) groups is 1. The van der Waals surface area contributed by atoms with Crippen molar-refractivity contribution in [2.24, 2.45) is 0 Å². The van der Waals surface area contributed by atoms with Crippen LogP contribution in [0.3, 0.4) is 0 Å². The largest absolute Gasteiger partial charge is 1.00 e. The number of β-lactam (4-membered cyclic amide) rings is 1. The fourth-order valence-electron chi connectivity index (χ4n) is 1.70. The molecule has 9 heteroatoms. The monoisotopic (exact) mass is 272 g/mol. The number of nitrogens with zero attached hydrogens (tertiary/aromatic N) is 3. The van der Waals surface area contributed by atoms with E-state index >= 15 is 0 Å². The molecule has 0 radical (unpaired) electrons. The van der Waals surface area contributed by atoms with Crippen molar-refractivity contribution in [1.29, 1.82) is 0 Å². The first-order valence-corrected chi connectivity index (χ1v) is 5.60. The summed E-state index contributed by atoms with van der Waals surface area (Å²) in [6.07, 6.45) is 3.07. The van der Waals surface area contributed by atoms with Gasteiger partial charge in [0.25, 0.3) is 5.91 Å². The summed E-state index contributed by atoms with van der Waals surface area (Å²) in [6, 6.07) is 0. The molecule has 7 nitrogen and oxygen atoms in total. The molecule has 1 atom stereocenters. The van der Waals surface area contributed by atoms with Gasteiger partial charge in [0.05, 0.1) is 23.4 Å². The first kappa shape index (κ1) is 13.3. The summed E-state index contributed by atoms with van der Waals surface area (Å²) >= 11 is 1.26. The SMILES string of the molecule is O=C([O-])C1=CS[C@@H]2/C(=C/c3cn[nH]n3)C(=O)N12.[Na+]. The van der Waals surface area contributed by atoms with Gasteiger partial charge in [-0.1, -0.05) is 0 Å². The normalized spacial score (nSPS) is 23.2. The second kappa shape index (κ2) is 4.88. The van der Waals surface area contributed by atoms with Crippen molar-refractivity contribution in [2.75, 3.05) is 0 Å². The molecule has 0 unspecified atom stereocenters. The number of aliphatic carboxylic acids is 1. The number of carboxylic acid groups (broad SMARTS) is 1. The van der Waals surface area contributed by atoms with E-state index in [1.54, 1.807) is 6.08 Å². The van der Waals surface area contributed by atoms with Gasteiger partial charge in [0.2, 0.25) is 0 Å². The van der Waals surface area contributed by atoms with E-state index in [9.17, 15) is 14.7 Å². The van der Waals surface area contributed by atoms with Gasteiger partial charge in [0, 0.05) is 0 Å². The quantitative estimate of drug-likeness (QED) is 0.332. The molecule has 0 saturated carbocycles. The van der Waals surface area contributed by atoms with Gasteiger partial charge < -0.3 is 9.90 Å². The van der Waals surface area contributed by atoms with Gasteiger partial charge in [-0.2, -0.15) is 15.4 Å². The fourth-order valence-corrected chi connectivity index (χ4v) is 2.81. The summed E-state index contributed by atoms with van der Waals surface area (Å²) < 4.78 is 0. The third-order valence-corrected chi connectivity index (χ3v) is 3.56. The number of carbonyl (C=O) groups excluding carboxylic acids is 2. The number of fused-ring (bicyclic) bond motifs is 1. The maximum Gasteiger partial charge on any atom is 1.00 e. The topological polar surface area (TPSA) is 102 Å². The van der Waals surface area contributed by atoms with Crippen LogP contribution in [-0.4, -0.2) is 37.6 Å². The van der Waals surface area contributed by atoms with E-state index in [1.165, 1.54) is 28.3 Å². The Morgan fingerprint density at radius 3 is 3.00 bits per heavy atom. The molecule has 0 aliphatic carbocycles. The van der Waals surface area contributed by atoms with Gasteiger partial charge in [-0.3, -0.25) is 9.69 Å².